The monoisotopic (exact) mass is 372 g/mol. The van der Waals surface area contributed by atoms with E-state index < -0.39 is 5.82 Å². The first-order valence-electron chi connectivity index (χ1n) is 6.00. The van der Waals surface area contributed by atoms with Crippen LogP contribution < -0.4 is 20.5 Å². The van der Waals surface area contributed by atoms with Gasteiger partial charge in [-0.2, -0.15) is 12.6 Å². The van der Waals surface area contributed by atoms with Crippen molar-refractivity contribution in [2.24, 2.45) is 0 Å². The lowest BCUT2D eigenvalue weighted by Gasteiger charge is -2.11. The Bertz CT molecular complexity index is 655. The van der Waals surface area contributed by atoms with Crippen LogP contribution in [0.4, 0.5) is 21.5 Å². The molecule has 4 nitrogen and oxygen atoms in total. The van der Waals surface area contributed by atoms with Gasteiger partial charge in [0.1, 0.15) is 0 Å². The molecule has 7 heteroatoms. The Labute approximate surface area is 136 Å². The second-order valence-electron chi connectivity index (χ2n) is 4.02. The molecule has 0 unspecified atom stereocenters. The van der Waals surface area contributed by atoms with Crippen molar-refractivity contribution in [3.63, 3.8) is 0 Å². The highest BCUT2D eigenvalue weighted by molar-refractivity contribution is 9.10. The Hall–Kier alpha value is -1.60. The van der Waals surface area contributed by atoms with Gasteiger partial charge in [0.25, 0.3) is 0 Å². The molecule has 0 fully saturated rings. The normalized spacial score (nSPS) is 11.6. The summed E-state index contributed by atoms with van der Waals surface area (Å²) in [6.07, 6.45) is 1.69. The Morgan fingerprint density at radius 1 is 1.19 bits per heavy atom. The largest absolute Gasteiger partial charge is 0.454 e. The standard InChI is InChI=1S/C13H10BrFN2O2.CH4S/c14-8-2-3-9(16)13(12(8)15)17-7-1-4-10-11(5-7)19-6-18-10;1-2/h1-5,17H,6,16H2;2H,1H3. The Morgan fingerprint density at radius 3 is 2.67 bits per heavy atom. The summed E-state index contributed by atoms with van der Waals surface area (Å²) in [6.45, 7) is 0.201. The van der Waals surface area contributed by atoms with E-state index in [9.17, 15) is 4.39 Å². The predicted molar refractivity (Wildman–Crippen MR) is 89.3 cm³/mol. The number of nitrogen functional groups attached to an aromatic ring is 1. The highest BCUT2D eigenvalue weighted by Gasteiger charge is 2.15. The average Bonchev–Trinajstić information content (AvgIpc) is 2.97. The molecule has 112 valence electrons. The van der Waals surface area contributed by atoms with E-state index in [-0.39, 0.29) is 12.5 Å². The number of ether oxygens (including phenoxy) is 2. The molecule has 3 N–H and O–H groups in total. The fourth-order valence-electron chi connectivity index (χ4n) is 1.81. The van der Waals surface area contributed by atoms with Crippen LogP contribution in [0.15, 0.2) is 34.8 Å². The number of hydrogen-bond acceptors (Lipinski definition) is 5. The Balaban J connectivity index is 0.000000774. The second-order valence-corrected chi connectivity index (χ2v) is 4.87. The molecule has 0 radical (unpaired) electrons. The van der Waals surface area contributed by atoms with Crippen LogP contribution in [0.5, 0.6) is 11.5 Å². The van der Waals surface area contributed by atoms with Crippen LogP contribution in [-0.2, 0) is 0 Å². The molecule has 0 aromatic heterocycles. The van der Waals surface area contributed by atoms with Gasteiger partial charge in [0.15, 0.2) is 17.3 Å². The number of fused-ring (bicyclic) bond motifs is 1. The van der Waals surface area contributed by atoms with Gasteiger partial charge in [0.05, 0.1) is 15.8 Å². The maximum absolute atomic E-state index is 14.0. The van der Waals surface area contributed by atoms with Crippen LogP contribution in [0.1, 0.15) is 0 Å². The number of anilines is 3. The number of rotatable bonds is 2. The zero-order valence-corrected chi connectivity index (χ0v) is 13.7. The summed E-state index contributed by atoms with van der Waals surface area (Å²) in [4.78, 5) is 0. The minimum atomic E-state index is -0.433. The van der Waals surface area contributed by atoms with E-state index in [1.165, 1.54) is 0 Å². The molecule has 0 amide bonds. The van der Waals surface area contributed by atoms with Crippen LogP contribution >= 0.6 is 28.6 Å². The van der Waals surface area contributed by atoms with Gasteiger partial charge in [-0.15, -0.1) is 0 Å². The van der Waals surface area contributed by atoms with Crippen molar-refractivity contribution in [1.29, 1.82) is 0 Å². The number of halogens is 2. The second kappa shape index (κ2) is 6.91. The van der Waals surface area contributed by atoms with Gasteiger partial charge in [0.2, 0.25) is 6.79 Å². The molecule has 2 aromatic rings. The van der Waals surface area contributed by atoms with Crippen molar-refractivity contribution in [1.82, 2.24) is 0 Å². The molecule has 1 heterocycles. The van der Waals surface area contributed by atoms with Crippen molar-refractivity contribution >= 4 is 45.6 Å². The minimum Gasteiger partial charge on any atom is -0.454 e. The summed E-state index contributed by atoms with van der Waals surface area (Å²) >= 11 is 6.66. The van der Waals surface area contributed by atoms with Gasteiger partial charge in [0, 0.05) is 11.8 Å². The van der Waals surface area contributed by atoms with Crippen molar-refractivity contribution < 1.29 is 13.9 Å². The molecular formula is C14H14BrFN2O2S. The molecular weight excluding hydrogens is 359 g/mol. The number of nitrogens with two attached hydrogens (primary N) is 1. The van der Waals surface area contributed by atoms with Gasteiger partial charge < -0.3 is 20.5 Å². The van der Waals surface area contributed by atoms with E-state index in [0.29, 0.717) is 27.3 Å². The lowest BCUT2D eigenvalue weighted by atomic mass is 10.2. The van der Waals surface area contributed by atoms with Crippen molar-refractivity contribution in [2.75, 3.05) is 24.1 Å². The summed E-state index contributed by atoms with van der Waals surface area (Å²) < 4.78 is 24.8. The summed E-state index contributed by atoms with van der Waals surface area (Å²) in [5.74, 6) is 0.866. The summed E-state index contributed by atoms with van der Waals surface area (Å²) in [6, 6.07) is 8.46. The lowest BCUT2D eigenvalue weighted by Crippen LogP contribution is -2.00. The van der Waals surface area contributed by atoms with Crippen LogP contribution in [0, 0.1) is 5.82 Å². The van der Waals surface area contributed by atoms with E-state index in [1.807, 2.05) is 0 Å². The van der Waals surface area contributed by atoms with Crippen LogP contribution in [0.25, 0.3) is 0 Å². The highest BCUT2D eigenvalue weighted by Crippen LogP contribution is 2.37. The molecule has 0 atom stereocenters. The number of hydrogen-bond donors (Lipinski definition) is 3. The molecule has 0 saturated heterocycles. The molecule has 0 spiro atoms. The van der Waals surface area contributed by atoms with Crippen molar-refractivity contribution in [3.8, 4) is 11.5 Å². The maximum Gasteiger partial charge on any atom is 0.231 e. The van der Waals surface area contributed by atoms with Gasteiger partial charge in [-0.05, 0) is 46.5 Å². The van der Waals surface area contributed by atoms with Gasteiger partial charge >= 0.3 is 0 Å². The van der Waals surface area contributed by atoms with Crippen LogP contribution in [0.2, 0.25) is 0 Å². The third kappa shape index (κ3) is 3.36. The number of benzene rings is 2. The van der Waals surface area contributed by atoms with E-state index in [4.69, 9.17) is 15.2 Å². The van der Waals surface area contributed by atoms with E-state index in [0.717, 1.165) is 0 Å². The highest BCUT2D eigenvalue weighted by atomic mass is 79.9. The summed E-state index contributed by atoms with van der Waals surface area (Å²) in [5, 5.41) is 2.95. The zero-order chi connectivity index (χ0) is 15.4. The third-order valence-corrected chi connectivity index (χ3v) is 3.38. The van der Waals surface area contributed by atoms with Crippen LogP contribution in [0.3, 0.4) is 0 Å². The molecule has 3 rings (SSSR count). The quantitative estimate of drug-likeness (QED) is 0.546. The molecule has 1 aliphatic rings. The number of nitrogens with one attached hydrogen (secondary N) is 1. The predicted octanol–water partition coefficient (Wildman–Crippen LogP) is 4.19. The molecule has 0 aliphatic carbocycles. The topological polar surface area (TPSA) is 56.5 Å². The fraction of sp³-hybridized carbons (Fsp3) is 0.143. The lowest BCUT2D eigenvalue weighted by molar-refractivity contribution is 0.174. The van der Waals surface area contributed by atoms with Crippen molar-refractivity contribution in [2.45, 2.75) is 0 Å². The SMILES string of the molecule is CS.Nc1ccc(Br)c(F)c1Nc1ccc2c(c1)OCO2. The summed E-state index contributed by atoms with van der Waals surface area (Å²) in [5.41, 5.74) is 7.01. The Kier molecular flexibility index (Phi) is 5.19. The maximum atomic E-state index is 14.0. The first-order chi connectivity index (χ1) is 10.1. The minimum absolute atomic E-state index is 0.201. The van der Waals surface area contributed by atoms with Crippen LogP contribution in [-0.4, -0.2) is 13.0 Å². The van der Waals surface area contributed by atoms with Gasteiger partial charge in [-0.1, -0.05) is 0 Å². The van der Waals surface area contributed by atoms with Gasteiger partial charge in [-0.25, -0.2) is 4.39 Å². The van der Waals surface area contributed by atoms with E-state index in [2.05, 4.69) is 33.9 Å². The molecule has 2 aromatic carbocycles. The molecule has 21 heavy (non-hydrogen) atoms. The van der Waals surface area contributed by atoms with E-state index in [1.54, 1.807) is 36.6 Å². The molecule has 0 bridgehead atoms. The first kappa shape index (κ1) is 15.8. The Morgan fingerprint density at radius 2 is 1.90 bits per heavy atom. The zero-order valence-electron chi connectivity index (χ0n) is 11.2. The molecule has 0 saturated carbocycles. The third-order valence-electron chi connectivity index (χ3n) is 2.77. The van der Waals surface area contributed by atoms with Gasteiger partial charge in [-0.3, -0.25) is 0 Å². The summed E-state index contributed by atoms with van der Waals surface area (Å²) in [7, 11) is 0. The smallest absolute Gasteiger partial charge is 0.231 e. The molecule has 1 aliphatic heterocycles. The fourth-order valence-corrected chi connectivity index (χ4v) is 2.14. The first-order valence-corrected chi connectivity index (χ1v) is 7.69. The average molecular weight is 373 g/mol. The van der Waals surface area contributed by atoms with Crippen molar-refractivity contribution in [3.05, 3.63) is 40.6 Å². The van der Waals surface area contributed by atoms with E-state index >= 15 is 0 Å². The number of thiol groups is 1.